The fraction of sp³-hybridized carbons (Fsp3) is 0.583. The summed E-state index contributed by atoms with van der Waals surface area (Å²) >= 11 is 0. The molecule has 0 bridgehead atoms. The summed E-state index contributed by atoms with van der Waals surface area (Å²) in [7, 11) is 0. The van der Waals surface area contributed by atoms with Crippen LogP contribution in [0, 0.1) is 5.92 Å². The maximum Gasteiger partial charge on any atom is 0.0745 e. The van der Waals surface area contributed by atoms with E-state index in [0.29, 0.717) is 12.0 Å². The van der Waals surface area contributed by atoms with Gasteiger partial charge in [0.2, 0.25) is 0 Å². The van der Waals surface area contributed by atoms with Crippen molar-refractivity contribution in [1.82, 2.24) is 0 Å². The first kappa shape index (κ1) is 8.74. The Morgan fingerprint density at radius 2 is 2.00 bits per heavy atom. The Kier molecular flexibility index (Phi) is 2.62. The van der Waals surface area contributed by atoms with Crippen LogP contribution in [0.3, 0.4) is 0 Å². The highest BCUT2D eigenvalue weighted by Gasteiger charge is 2.22. The minimum atomic E-state index is 0.439. The summed E-state index contributed by atoms with van der Waals surface area (Å²) in [5.74, 6) is 0.648. The van der Waals surface area contributed by atoms with Gasteiger partial charge in [0, 0.05) is 11.6 Å². The van der Waals surface area contributed by atoms with Gasteiger partial charge in [-0.25, -0.2) is 0 Å². The molecule has 0 aromatic rings. The van der Waals surface area contributed by atoms with E-state index in [-0.39, 0.29) is 0 Å². The van der Waals surface area contributed by atoms with Crippen LogP contribution in [0.5, 0.6) is 0 Å². The lowest BCUT2D eigenvalue weighted by molar-refractivity contribution is 0.642. The van der Waals surface area contributed by atoms with E-state index in [1.807, 2.05) is 0 Å². The van der Waals surface area contributed by atoms with E-state index in [4.69, 9.17) is 0 Å². The third-order valence-corrected chi connectivity index (χ3v) is 2.80. The molecule has 70 valence electrons. The van der Waals surface area contributed by atoms with Crippen LogP contribution in [0.25, 0.3) is 0 Å². The van der Waals surface area contributed by atoms with Gasteiger partial charge in [0.25, 0.3) is 0 Å². The van der Waals surface area contributed by atoms with Gasteiger partial charge in [-0.2, -0.15) is 0 Å². The van der Waals surface area contributed by atoms with E-state index in [1.54, 1.807) is 0 Å². The molecule has 0 aromatic carbocycles. The summed E-state index contributed by atoms with van der Waals surface area (Å²) in [6.45, 7) is 2.14. The molecule has 13 heavy (non-hydrogen) atoms. The van der Waals surface area contributed by atoms with Crippen LogP contribution < -0.4 is 0 Å². The Morgan fingerprint density at radius 1 is 1.23 bits per heavy atom. The first-order valence-electron chi connectivity index (χ1n) is 5.23. The highest BCUT2D eigenvalue weighted by atomic mass is 14.8. The van der Waals surface area contributed by atoms with Crippen molar-refractivity contribution >= 4 is 5.71 Å². The lowest BCUT2D eigenvalue weighted by Crippen LogP contribution is -2.07. The maximum absolute atomic E-state index is 4.63. The molecule has 0 radical (unpaired) electrons. The predicted octanol–water partition coefficient (Wildman–Crippen LogP) is 3.13. The van der Waals surface area contributed by atoms with Crippen molar-refractivity contribution in [3.63, 3.8) is 0 Å². The summed E-state index contributed by atoms with van der Waals surface area (Å²) in [6, 6.07) is 0.439. The number of nitrogens with zero attached hydrogens (tertiary/aromatic N) is 1. The largest absolute Gasteiger partial charge is 0.286 e. The van der Waals surface area contributed by atoms with Gasteiger partial charge in [-0.05, 0) is 32.6 Å². The lowest BCUT2D eigenvalue weighted by Gasteiger charge is -2.08. The molecule has 1 aliphatic carbocycles. The number of allylic oxidation sites excluding steroid dienone is 2. The lowest BCUT2D eigenvalue weighted by atomic mass is 9.98. The van der Waals surface area contributed by atoms with Crippen LogP contribution in [0.1, 0.15) is 32.6 Å². The quantitative estimate of drug-likeness (QED) is 0.501. The Labute approximate surface area is 80.3 Å². The molecule has 0 aromatic heterocycles. The Bertz CT molecular complexity index is 260. The SMILES string of the molecule is CC1=N[C@H]2/C=C\CCC/C=C\[C@H]2C1. The number of rotatable bonds is 0. The van der Waals surface area contributed by atoms with E-state index < -0.39 is 0 Å². The second-order valence-electron chi connectivity index (χ2n) is 4.01. The van der Waals surface area contributed by atoms with Crippen molar-refractivity contribution in [2.45, 2.75) is 38.6 Å². The van der Waals surface area contributed by atoms with Crippen LogP contribution in [-0.2, 0) is 0 Å². The third kappa shape index (κ3) is 2.09. The molecule has 0 amide bonds. The summed E-state index contributed by atoms with van der Waals surface area (Å²) in [4.78, 5) is 4.63. The Morgan fingerprint density at radius 3 is 2.85 bits per heavy atom. The standard InChI is InChI=1S/C12H17N/c1-10-9-11-7-5-3-2-4-6-8-12(11)13-10/h5-8,11-12H,2-4,9H2,1H3/b7-5-,8-6-/t11-,12-/m0/s1. The van der Waals surface area contributed by atoms with E-state index in [2.05, 4.69) is 36.2 Å². The fourth-order valence-electron chi connectivity index (χ4n) is 2.09. The molecule has 1 aliphatic heterocycles. The number of hydrogen-bond donors (Lipinski definition) is 0. The van der Waals surface area contributed by atoms with Gasteiger partial charge in [-0.3, -0.25) is 4.99 Å². The maximum atomic E-state index is 4.63. The summed E-state index contributed by atoms with van der Waals surface area (Å²) in [6.07, 6.45) is 14.2. The molecule has 0 fully saturated rings. The average Bonchev–Trinajstić information content (AvgIpc) is 2.46. The van der Waals surface area contributed by atoms with Crippen LogP contribution in [0.4, 0.5) is 0 Å². The van der Waals surface area contributed by atoms with Crippen LogP contribution in [-0.4, -0.2) is 11.8 Å². The van der Waals surface area contributed by atoms with Crippen LogP contribution in [0.2, 0.25) is 0 Å². The molecule has 0 unspecified atom stereocenters. The first-order valence-corrected chi connectivity index (χ1v) is 5.23. The van der Waals surface area contributed by atoms with E-state index >= 15 is 0 Å². The minimum absolute atomic E-state index is 0.439. The number of hydrogen-bond acceptors (Lipinski definition) is 1. The molecule has 1 heteroatoms. The van der Waals surface area contributed by atoms with Crippen LogP contribution in [0.15, 0.2) is 29.3 Å². The molecule has 0 spiro atoms. The van der Waals surface area contributed by atoms with Gasteiger partial charge in [0.05, 0.1) is 6.04 Å². The predicted molar refractivity (Wildman–Crippen MR) is 57.1 cm³/mol. The van der Waals surface area contributed by atoms with Gasteiger partial charge in [-0.15, -0.1) is 0 Å². The molecular formula is C12H17N. The smallest absolute Gasteiger partial charge is 0.0745 e. The number of aliphatic imine (C=N–C) groups is 1. The van der Waals surface area contributed by atoms with Gasteiger partial charge < -0.3 is 0 Å². The Hall–Kier alpha value is -0.850. The first-order chi connectivity index (χ1) is 6.36. The fourth-order valence-corrected chi connectivity index (χ4v) is 2.09. The molecular weight excluding hydrogens is 158 g/mol. The second-order valence-corrected chi connectivity index (χ2v) is 4.01. The van der Waals surface area contributed by atoms with Crippen LogP contribution >= 0.6 is 0 Å². The zero-order valence-corrected chi connectivity index (χ0v) is 8.24. The van der Waals surface area contributed by atoms with Gasteiger partial charge in [0.1, 0.15) is 0 Å². The summed E-state index contributed by atoms with van der Waals surface area (Å²) < 4.78 is 0. The van der Waals surface area contributed by atoms with E-state index in [1.165, 1.54) is 25.0 Å². The molecule has 0 N–H and O–H groups in total. The molecule has 0 saturated heterocycles. The van der Waals surface area contributed by atoms with Crippen molar-refractivity contribution in [1.29, 1.82) is 0 Å². The highest BCUT2D eigenvalue weighted by molar-refractivity contribution is 5.84. The highest BCUT2D eigenvalue weighted by Crippen LogP contribution is 2.25. The van der Waals surface area contributed by atoms with Gasteiger partial charge in [0.15, 0.2) is 0 Å². The molecule has 0 saturated carbocycles. The third-order valence-electron chi connectivity index (χ3n) is 2.80. The average molecular weight is 175 g/mol. The zero-order chi connectivity index (χ0) is 9.10. The molecule has 2 atom stereocenters. The Balaban J connectivity index is 2.14. The normalized spacial score (nSPS) is 38.1. The second kappa shape index (κ2) is 3.91. The number of fused-ring (bicyclic) bond motifs is 1. The minimum Gasteiger partial charge on any atom is -0.286 e. The van der Waals surface area contributed by atoms with Crippen molar-refractivity contribution in [2.24, 2.45) is 10.9 Å². The summed E-state index contributed by atoms with van der Waals surface area (Å²) in [5, 5.41) is 0. The molecule has 1 nitrogen and oxygen atoms in total. The van der Waals surface area contributed by atoms with Gasteiger partial charge in [-0.1, -0.05) is 24.3 Å². The molecule has 2 rings (SSSR count). The topological polar surface area (TPSA) is 12.4 Å². The van der Waals surface area contributed by atoms with Crippen molar-refractivity contribution < 1.29 is 0 Å². The van der Waals surface area contributed by atoms with E-state index in [9.17, 15) is 0 Å². The monoisotopic (exact) mass is 175 g/mol. The van der Waals surface area contributed by atoms with E-state index in [0.717, 1.165) is 6.42 Å². The zero-order valence-electron chi connectivity index (χ0n) is 8.24. The summed E-state index contributed by atoms with van der Waals surface area (Å²) in [5.41, 5.74) is 1.31. The molecule has 2 aliphatic rings. The van der Waals surface area contributed by atoms with Crippen molar-refractivity contribution in [2.75, 3.05) is 0 Å². The molecule has 1 heterocycles. The van der Waals surface area contributed by atoms with Crippen molar-refractivity contribution in [3.05, 3.63) is 24.3 Å². The van der Waals surface area contributed by atoms with Crippen molar-refractivity contribution in [3.8, 4) is 0 Å². The van der Waals surface area contributed by atoms with Gasteiger partial charge >= 0.3 is 0 Å².